The minimum atomic E-state index is -0.489. The van der Waals surface area contributed by atoms with Crippen molar-refractivity contribution in [1.82, 2.24) is 4.98 Å². The van der Waals surface area contributed by atoms with Crippen LogP contribution in [0.25, 0.3) is 10.9 Å². The summed E-state index contributed by atoms with van der Waals surface area (Å²) in [5.41, 5.74) is 2.65. The fraction of sp³-hybridized carbons (Fsp3) is 0.250. The number of aromatic nitrogens is 1. The van der Waals surface area contributed by atoms with Crippen molar-refractivity contribution in [1.29, 1.82) is 0 Å². The third kappa shape index (κ3) is 4.69. The molecule has 2 aromatic carbocycles. The maximum absolute atomic E-state index is 12.1. The summed E-state index contributed by atoms with van der Waals surface area (Å²) >= 11 is 0. The quantitative estimate of drug-likeness (QED) is 0.341. The first-order valence-corrected chi connectivity index (χ1v) is 9.40. The molecule has 0 radical (unpaired) electrons. The molecule has 142 valence electrons. The zero-order chi connectivity index (χ0) is 19.8. The first kappa shape index (κ1) is 19.4. The number of pyridine rings is 1. The van der Waals surface area contributed by atoms with Crippen LogP contribution in [0.5, 0.6) is 5.75 Å². The number of nitrogens with zero attached hydrogens (tertiary/aromatic N) is 1. The molecule has 1 heterocycles. The normalized spacial score (nSPS) is 10.2. The van der Waals surface area contributed by atoms with Gasteiger partial charge < -0.3 is 9.47 Å². The molecule has 0 unspecified atom stereocenters. The van der Waals surface area contributed by atoms with Gasteiger partial charge in [0.15, 0.2) is 0 Å². The zero-order valence-corrected chi connectivity index (χ0v) is 16.2. The van der Waals surface area contributed by atoms with Crippen molar-refractivity contribution in [3.8, 4) is 17.6 Å². The predicted molar refractivity (Wildman–Crippen MR) is 110 cm³/mol. The van der Waals surface area contributed by atoms with E-state index in [2.05, 4.69) is 23.7 Å². The lowest BCUT2D eigenvalue weighted by Gasteiger charge is -2.11. The molecule has 4 nitrogen and oxygen atoms in total. The van der Waals surface area contributed by atoms with Crippen molar-refractivity contribution < 1.29 is 14.3 Å². The maximum Gasteiger partial charge on any atom is 0.356 e. The molecule has 0 fully saturated rings. The standard InChI is InChI=1S/C24H23NO3/c1-3-4-5-9-13-19-16-21(24(26)27-2)25-23-20(19)14-10-15-22(23)28-17-18-11-7-6-8-12-18/h6-8,10-12,14-16H,3-5,17H2,1-2H3. The van der Waals surface area contributed by atoms with E-state index in [1.807, 2.05) is 48.5 Å². The number of esters is 1. The zero-order valence-electron chi connectivity index (χ0n) is 16.2. The highest BCUT2D eigenvalue weighted by Gasteiger charge is 2.14. The lowest BCUT2D eigenvalue weighted by Crippen LogP contribution is -2.06. The number of benzene rings is 2. The van der Waals surface area contributed by atoms with Crippen LogP contribution < -0.4 is 4.74 Å². The van der Waals surface area contributed by atoms with Crippen LogP contribution in [0.2, 0.25) is 0 Å². The average molecular weight is 373 g/mol. The number of methoxy groups -OCH3 is 1. The molecule has 0 saturated carbocycles. The van der Waals surface area contributed by atoms with E-state index in [4.69, 9.17) is 9.47 Å². The monoisotopic (exact) mass is 373 g/mol. The van der Waals surface area contributed by atoms with E-state index < -0.39 is 5.97 Å². The average Bonchev–Trinajstić information content (AvgIpc) is 2.75. The summed E-state index contributed by atoms with van der Waals surface area (Å²) < 4.78 is 10.9. The Bertz CT molecular complexity index is 1020. The fourth-order valence-corrected chi connectivity index (χ4v) is 2.81. The van der Waals surface area contributed by atoms with E-state index >= 15 is 0 Å². The first-order chi connectivity index (χ1) is 13.7. The SMILES string of the molecule is CCCCC#Cc1cc(C(=O)OC)nc2c(OCc3ccccc3)cccc12. The van der Waals surface area contributed by atoms with E-state index in [0.717, 1.165) is 35.8 Å². The summed E-state index contributed by atoms with van der Waals surface area (Å²) in [5, 5.41) is 0.863. The smallest absolute Gasteiger partial charge is 0.356 e. The molecule has 0 saturated heterocycles. The van der Waals surface area contributed by atoms with Crippen LogP contribution in [-0.4, -0.2) is 18.1 Å². The van der Waals surface area contributed by atoms with Crippen LogP contribution >= 0.6 is 0 Å². The molecule has 1 aromatic heterocycles. The molecule has 0 atom stereocenters. The number of carbonyl (C=O) groups is 1. The van der Waals surface area contributed by atoms with Crippen molar-refractivity contribution in [2.75, 3.05) is 7.11 Å². The minimum Gasteiger partial charge on any atom is -0.487 e. The second kappa shape index (κ2) is 9.57. The van der Waals surface area contributed by atoms with Gasteiger partial charge in [-0.05, 0) is 24.1 Å². The molecule has 0 bridgehead atoms. The second-order valence-electron chi connectivity index (χ2n) is 6.38. The van der Waals surface area contributed by atoms with Crippen molar-refractivity contribution >= 4 is 16.9 Å². The Morgan fingerprint density at radius 2 is 1.93 bits per heavy atom. The Morgan fingerprint density at radius 3 is 2.68 bits per heavy atom. The Morgan fingerprint density at radius 1 is 1.11 bits per heavy atom. The third-order valence-corrected chi connectivity index (χ3v) is 4.31. The maximum atomic E-state index is 12.1. The van der Waals surface area contributed by atoms with Crippen LogP contribution in [0.3, 0.4) is 0 Å². The Kier molecular flexibility index (Phi) is 6.64. The van der Waals surface area contributed by atoms with Gasteiger partial charge in [-0.1, -0.05) is 67.6 Å². The number of unbranched alkanes of at least 4 members (excludes halogenated alkanes) is 2. The van der Waals surface area contributed by atoms with E-state index in [0.29, 0.717) is 17.9 Å². The molecule has 0 aliphatic rings. The van der Waals surface area contributed by atoms with Crippen LogP contribution in [-0.2, 0) is 11.3 Å². The molecular weight excluding hydrogens is 350 g/mol. The van der Waals surface area contributed by atoms with Gasteiger partial charge in [0.05, 0.1) is 7.11 Å². The summed E-state index contributed by atoms with van der Waals surface area (Å²) in [6, 6.07) is 17.3. The van der Waals surface area contributed by atoms with Gasteiger partial charge in [0, 0.05) is 17.4 Å². The molecule has 3 aromatic rings. The van der Waals surface area contributed by atoms with Crippen LogP contribution in [0, 0.1) is 11.8 Å². The van der Waals surface area contributed by atoms with Gasteiger partial charge in [-0.25, -0.2) is 9.78 Å². The summed E-state index contributed by atoms with van der Waals surface area (Å²) in [4.78, 5) is 16.6. The highest BCUT2D eigenvalue weighted by molar-refractivity contribution is 5.96. The Balaban J connectivity index is 2.02. The molecule has 4 heteroatoms. The third-order valence-electron chi connectivity index (χ3n) is 4.31. The fourth-order valence-electron chi connectivity index (χ4n) is 2.81. The number of ether oxygens (including phenoxy) is 2. The van der Waals surface area contributed by atoms with Crippen LogP contribution in [0.15, 0.2) is 54.6 Å². The van der Waals surface area contributed by atoms with Gasteiger partial charge in [0.2, 0.25) is 0 Å². The van der Waals surface area contributed by atoms with E-state index in [-0.39, 0.29) is 5.69 Å². The summed E-state index contributed by atoms with van der Waals surface area (Å²) in [6.07, 6.45) is 2.96. The summed E-state index contributed by atoms with van der Waals surface area (Å²) in [7, 11) is 1.35. The molecule has 0 amide bonds. The lowest BCUT2D eigenvalue weighted by molar-refractivity contribution is 0.0594. The van der Waals surface area contributed by atoms with Gasteiger partial charge in [0.25, 0.3) is 0 Å². The van der Waals surface area contributed by atoms with Crippen LogP contribution in [0.4, 0.5) is 0 Å². The van der Waals surface area contributed by atoms with Crippen LogP contribution in [0.1, 0.15) is 47.8 Å². The Labute approximate surface area is 165 Å². The van der Waals surface area contributed by atoms with Gasteiger partial charge >= 0.3 is 5.97 Å². The Hall–Kier alpha value is -3.32. The van der Waals surface area contributed by atoms with E-state index in [9.17, 15) is 4.79 Å². The molecule has 0 N–H and O–H groups in total. The summed E-state index contributed by atoms with van der Waals surface area (Å²) in [6.45, 7) is 2.55. The number of hydrogen-bond acceptors (Lipinski definition) is 4. The molecular formula is C24H23NO3. The van der Waals surface area contributed by atoms with Crippen molar-refractivity contribution in [3.63, 3.8) is 0 Å². The summed E-state index contributed by atoms with van der Waals surface area (Å²) in [5.74, 6) is 6.50. The highest BCUT2D eigenvalue weighted by atomic mass is 16.5. The number of hydrogen-bond donors (Lipinski definition) is 0. The highest BCUT2D eigenvalue weighted by Crippen LogP contribution is 2.28. The van der Waals surface area contributed by atoms with Crippen molar-refractivity contribution in [2.24, 2.45) is 0 Å². The molecule has 0 aliphatic carbocycles. The van der Waals surface area contributed by atoms with Gasteiger partial charge in [-0.3, -0.25) is 0 Å². The van der Waals surface area contributed by atoms with Gasteiger partial charge in [-0.15, -0.1) is 0 Å². The molecule has 0 spiro atoms. The lowest BCUT2D eigenvalue weighted by atomic mass is 10.1. The largest absolute Gasteiger partial charge is 0.487 e. The molecule has 3 rings (SSSR count). The number of para-hydroxylation sites is 1. The predicted octanol–water partition coefficient (Wildman–Crippen LogP) is 5.14. The molecule has 0 aliphatic heterocycles. The topological polar surface area (TPSA) is 48.4 Å². The number of fused-ring (bicyclic) bond motifs is 1. The van der Waals surface area contributed by atoms with Gasteiger partial charge in [0.1, 0.15) is 23.6 Å². The number of rotatable bonds is 6. The van der Waals surface area contributed by atoms with E-state index in [1.54, 1.807) is 6.07 Å². The van der Waals surface area contributed by atoms with Crippen molar-refractivity contribution in [3.05, 3.63) is 71.4 Å². The number of carbonyl (C=O) groups excluding carboxylic acids is 1. The molecule has 28 heavy (non-hydrogen) atoms. The minimum absolute atomic E-state index is 0.227. The van der Waals surface area contributed by atoms with Crippen molar-refractivity contribution in [2.45, 2.75) is 32.8 Å². The van der Waals surface area contributed by atoms with Gasteiger partial charge in [-0.2, -0.15) is 0 Å². The van der Waals surface area contributed by atoms with E-state index in [1.165, 1.54) is 7.11 Å². The first-order valence-electron chi connectivity index (χ1n) is 9.40. The second-order valence-corrected chi connectivity index (χ2v) is 6.38.